The molecule has 1 aromatic carbocycles. The number of alkyl halides is 1. The number of aromatic amines is 1. The topological polar surface area (TPSA) is 81.8 Å². The summed E-state index contributed by atoms with van der Waals surface area (Å²) in [7, 11) is 4.05. The molecule has 36 heavy (non-hydrogen) atoms. The van der Waals surface area contributed by atoms with E-state index in [2.05, 4.69) is 36.8 Å². The van der Waals surface area contributed by atoms with Gasteiger partial charge in [-0.15, -0.1) is 0 Å². The largest absolute Gasteiger partial charge is 0.339 e. The fourth-order valence-electron chi connectivity index (χ4n) is 5.79. The monoisotopic (exact) mass is 489 g/mol. The molecular weight excluding hydrogens is 460 g/mol. The molecule has 1 aliphatic carbocycles. The zero-order chi connectivity index (χ0) is 24.8. The number of hydrogen-bond acceptors (Lipinski definition) is 6. The molecule has 0 bridgehead atoms. The van der Waals surface area contributed by atoms with Crippen LogP contribution in [0.2, 0.25) is 0 Å². The normalized spacial score (nSPS) is 26.0. The van der Waals surface area contributed by atoms with E-state index in [9.17, 15) is 4.39 Å². The van der Waals surface area contributed by atoms with Crippen molar-refractivity contribution >= 4 is 11.2 Å². The van der Waals surface area contributed by atoms with Gasteiger partial charge >= 0.3 is 0 Å². The minimum atomic E-state index is -0.992. The molecule has 3 N–H and O–H groups in total. The summed E-state index contributed by atoms with van der Waals surface area (Å²) < 4.78 is 29.3. The maximum Gasteiger partial charge on any atom is 0.178 e. The van der Waals surface area contributed by atoms with Crippen molar-refractivity contribution in [2.75, 3.05) is 14.1 Å². The first-order valence-electron chi connectivity index (χ1n) is 12.3. The van der Waals surface area contributed by atoms with Crippen LogP contribution in [0.1, 0.15) is 41.8 Å². The third-order valence-electron chi connectivity index (χ3n) is 7.38. The molecule has 7 nitrogen and oxygen atoms in total. The van der Waals surface area contributed by atoms with E-state index in [1.165, 1.54) is 12.1 Å². The Balaban J connectivity index is 1.31. The fourth-order valence-corrected chi connectivity index (χ4v) is 5.79. The van der Waals surface area contributed by atoms with E-state index in [0.717, 1.165) is 40.7 Å². The van der Waals surface area contributed by atoms with Crippen LogP contribution in [0.4, 0.5) is 8.78 Å². The van der Waals surface area contributed by atoms with Crippen LogP contribution in [-0.2, 0) is 6.54 Å². The number of aromatic nitrogens is 4. The Labute approximate surface area is 208 Å². The number of pyridine rings is 2. The number of nitrogens with one attached hydrogen (secondary N) is 3. The number of hydrogen-bond donors (Lipinski definition) is 3. The van der Waals surface area contributed by atoms with Crippen LogP contribution in [0.3, 0.4) is 0 Å². The zero-order valence-electron chi connectivity index (χ0n) is 20.2. The molecule has 4 heterocycles. The van der Waals surface area contributed by atoms with Gasteiger partial charge in [0.2, 0.25) is 0 Å². The summed E-state index contributed by atoms with van der Waals surface area (Å²) in [5, 5.41) is 0. The maximum atomic E-state index is 15.4. The smallest absolute Gasteiger partial charge is 0.178 e. The summed E-state index contributed by atoms with van der Waals surface area (Å²) in [4.78, 5) is 19.1. The number of benzene rings is 1. The van der Waals surface area contributed by atoms with Crippen LogP contribution in [0.5, 0.6) is 0 Å². The van der Waals surface area contributed by atoms with Crippen LogP contribution in [-0.4, -0.2) is 51.1 Å². The van der Waals surface area contributed by atoms with E-state index >= 15 is 4.39 Å². The van der Waals surface area contributed by atoms with Gasteiger partial charge in [-0.05, 0) is 67.7 Å². The molecular formula is C27H29F2N7. The number of fused-ring (bicyclic) bond motifs is 2. The standard InChI is InChI=1S/C27H29F2N7/c1-36(2)14-15-8-18(13-30-12-15)17-10-21-23(22(29)11-17)34-35-25(21)27-32-24-20(6-7-31-26(24)33-27)16-4-3-5-19(28)9-16/h3-9,12-13,17,21-23,25,34-35H,10-11,14H2,1-2H3,(H,31,32,33). The lowest BCUT2D eigenvalue weighted by Gasteiger charge is -2.35. The van der Waals surface area contributed by atoms with Crippen LogP contribution in [0, 0.1) is 11.7 Å². The van der Waals surface area contributed by atoms with Crippen LogP contribution >= 0.6 is 0 Å². The molecule has 4 aromatic rings. The third-order valence-corrected chi connectivity index (χ3v) is 7.38. The number of halogens is 2. The summed E-state index contributed by atoms with van der Waals surface area (Å²) in [5.41, 5.74) is 11.6. The maximum absolute atomic E-state index is 15.4. The van der Waals surface area contributed by atoms with Crippen molar-refractivity contribution in [3.63, 3.8) is 0 Å². The van der Waals surface area contributed by atoms with Crippen molar-refractivity contribution < 1.29 is 8.78 Å². The number of rotatable bonds is 5. The lowest BCUT2D eigenvalue weighted by Crippen LogP contribution is -2.43. The molecule has 0 radical (unpaired) electrons. The van der Waals surface area contributed by atoms with Crippen molar-refractivity contribution in [2.24, 2.45) is 5.92 Å². The van der Waals surface area contributed by atoms with E-state index in [1.54, 1.807) is 12.3 Å². The number of H-pyrrole nitrogens is 1. The van der Waals surface area contributed by atoms with Crippen LogP contribution in [0.25, 0.3) is 22.3 Å². The summed E-state index contributed by atoms with van der Waals surface area (Å²) in [6, 6.07) is 9.98. The van der Waals surface area contributed by atoms with Gasteiger partial charge in [0.1, 0.15) is 17.8 Å². The lowest BCUT2D eigenvalue weighted by molar-refractivity contribution is 0.144. The van der Waals surface area contributed by atoms with Crippen molar-refractivity contribution in [3.8, 4) is 11.1 Å². The van der Waals surface area contributed by atoms with Gasteiger partial charge in [0.05, 0.1) is 17.6 Å². The SMILES string of the molecule is CN(C)Cc1cncc(C2CC(F)C3NNC(c4nc5nccc(-c6cccc(F)c6)c5[nH]4)C3C2)c1. The predicted molar refractivity (Wildman–Crippen MR) is 134 cm³/mol. The van der Waals surface area contributed by atoms with Crippen molar-refractivity contribution in [2.45, 2.75) is 43.6 Å². The Bertz CT molecular complexity index is 1390. The number of nitrogens with zero attached hydrogens (tertiary/aromatic N) is 4. The van der Waals surface area contributed by atoms with Gasteiger partial charge in [0.15, 0.2) is 5.65 Å². The van der Waals surface area contributed by atoms with Gasteiger partial charge in [-0.25, -0.2) is 24.2 Å². The number of imidazole rings is 1. The highest BCUT2D eigenvalue weighted by Gasteiger charge is 2.47. The zero-order valence-corrected chi connectivity index (χ0v) is 20.2. The molecule has 1 aliphatic heterocycles. The Morgan fingerprint density at radius 3 is 2.81 bits per heavy atom. The molecule has 2 fully saturated rings. The van der Waals surface area contributed by atoms with E-state index in [0.29, 0.717) is 17.9 Å². The fraction of sp³-hybridized carbons (Fsp3) is 0.370. The van der Waals surface area contributed by atoms with Crippen molar-refractivity contribution in [1.82, 2.24) is 35.7 Å². The second kappa shape index (κ2) is 9.31. The number of hydrazine groups is 1. The first-order valence-corrected chi connectivity index (χ1v) is 12.3. The molecule has 0 spiro atoms. The van der Waals surface area contributed by atoms with Gasteiger partial charge in [0, 0.05) is 36.6 Å². The molecule has 5 unspecified atom stereocenters. The molecule has 1 saturated carbocycles. The highest BCUT2D eigenvalue weighted by molar-refractivity contribution is 5.89. The van der Waals surface area contributed by atoms with Gasteiger partial charge in [-0.2, -0.15) is 0 Å². The van der Waals surface area contributed by atoms with Crippen molar-refractivity contribution in [3.05, 3.63) is 77.8 Å². The molecule has 1 saturated heterocycles. The Hall–Kier alpha value is -3.27. The minimum absolute atomic E-state index is 0.00515. The first-order chi connectivity index (χ1) is 17.5. The molecule has 0 amide bonds. The molecule has 186 valence electrons. The molecule has 2 aliphatic rings. The summed E-state index contributed by atoms with van der Waals surface area (Å²) in [6.45, 7) is 0.796. The van der Waals surface area contributed by atoms with E-state index < -0.39 is 6.17 Å². The van der Waals surface area contributed by atoms with E-state index in [1.807, 2.05) is 38.6 Å². The van der Waals surface area contributed by atoms with Gasteiger partial charge in [-0.3, -0.25) is 10.4 Å². The first kappa shape index (κ1) is 23.1. The van der Waals surface area contributed by atoms with E-state index in [-0.39, 0.29) is 29.7 Å². The quantitative estimate of drug-likeness (QED) is 0.389. The Kier molecular flexibility index (Phi) is 5.99. The highest BCUT2D eigenvalue weighted by atomic mass is 19.1. The molecule has 3 aromatic heterocycles. The summed E-state index contributed by atoms with van der Waals surface area (Å²) in [6.07, 6.45) is 5.71. The second-order valence-electron chi connectivity index (χ2n) is 10.2. The average Bonchev–Trinajstić information content (AvgIpc) is 3.48. The van der Waals surface area contributed by atoms with Crippen molar-refractivity contribution in [1.29, 1.82) is 0 Å². The van der Waals surface area contributed by atoms with Gasteiger partial charge in [-0.1, -0.05) is 18.2 Å². The van der Waals surface area contributed by atoms with Gasteiger partial charge < -0.3 is 9.88 Å². The summed E-state index contributed by atoms with van der Waals surface area (Å²) >= 11 is 0. The molecule has 9 heteroatoms. The molecule has 5 atom stereocenters. The molecule has 6 rings (SSSR count). The Morgan fingerprint density at radius 1 is 1.08 bits per heavy atom. The second-order valence-corrected chi connectivity index (χ2v) is 10.2. The van der Waals surface area contributed by atoms with E-state index in [4.69, 9.17) is 4.98 Å². The average molecular weight is 490 g/mol. The van der Waals surface area contributed by atoms with Crippen LogP contribution in [0.15, 0.2) is 55.0 Å². The van der Waals surface area contributed by atoms with Crippen LogP contribution < -0.4 is 10.9 Å². The predicted octanol–water partition coefficient (Wildman–Crippen LogP) is 4.27. The lowest BCUT2D eigenvalue weighted by atomic mass is 9.72. The minimum Gasteiger partial charge on any atom is -0.339 e. The summed E-state index contributed by atoms with van der Waals surface area (Å²) in [5.74, 6) is 0.474. The third kappa shape index (κ3) is 4.27. The van der Waals surface area contributed by atoms with Gasteiger partial charge in [0.25, 0.3) is 0 Å². The highest BCUT2D eigenvalue weighted by Crippen LogP contribution is 2.45. The Morgan fingerprint density at radius 2 is 1.97 bits per heavy atom.